The molecule has 0 fully saturated rings. The van der Waals surface area contributed by atoms with Crippen molar-refractivity contribution >= 4 is 28.2 Å². The lowest BCUT2D eigenvalue weighted by atomic mass is 9.81. The summed E-state index contributed by atoms with van der Waals surface area (Å²) in [6.07, 6.45) is 3.38. The molecule has 104 valence electrons. The van der Waals surface area contributed by atoms with Gasteiger partial charge in [0.1, 0.15) is 0 Å². The van der Waals surface area contributed by atoms with Gasteiger partial charge >= 0.3 is 0 Å². The monoisotopic (exact) mass is 269 g/mol. The number of pyridine rings is 1. The molecule has 1 amide bonds. The molecule has 4 nitrogen and oxygen atoms in total. The van der Waals surface area contributed by atoms with E-state index in [2.05, 4.69) is 29.5 Å². The van der Waals surface area contributed by atoms with Crippen molar-refractivity contribution in [2.75, 3.05) is 17.2 Å². The molecule has 4 heteroatoms. The third kappa shape index (κ3) is 1.83. The van der Waals surface area contributed by atoms with E-state index < -0.39 is 0 Å². The maximum Gasteiger partial charge on any atom is 0.232 e. The first-order valence-corrected chi connectivity index (χ1v) is 7.13. The third-order valence-corrected chi connectivity index (χ3v) is 4.46. The number of benzene rings is 1. The number of aromatic nitrogens is 1. The van der Waals surface area contributed by atoms with Crippen molar-refractivity contribution in [3.63, 3.8) is 0 Å². The highest BCUT2D eigenvalue weighted by atomic mass is 16.2. The zero-order valence-corrected chi connectivity index (χ0v) is 11.9. The molecule has 0 aliphatic carbocycles. The van der Waals surface area contributed by atoms with Crippen molar-refractivity contribution in [3.8, 4) is 0 Å². The zero-order chi connectivity index (χ0) is 14.2. The second-order valence-electron chi connectivity index (χ2n) is 5.36. The van der Waals surface area contributed by atoms with E-state index in [4.69, 9.17) is 0 Å². The predicted molar refractivity (Wildman–Crippen MR) is 81.9 cm³/mol. The summed E-state index contributed by atoms with van der Waals surface area (Å²) in [4.78, 5) is 16.9. The lowest BCUT2D eigenvalue weighted by Gasteiger charge is -2.27. The van der Waals surface area contributed by atoms with Crippen LogP contribution in [-0.4, -0.2) is 17.4 Å². The third-order valence-electron chi connectivity index (χ3n) is 4.46. The van der Waals surface area contributed by atoms with Crippen LogP contribution >= 0.6 is 0 Å². The molecule has 2 heterocycles. The highest BCUT2D eigenvalue weighted by Gasteiger charge is 2.37. The first kappa shape index (κ1) is 12.9. The average molecular weight is 269 g/mol. The molecule has 0 spiro atoms. The second-order valence-corrected chi connectivity index (χ2v) is 5.36. The van der Waals surface area contributed by atoms with E-state index >= 15 is 0 Å². The molecule has 3 rings (SSSR count). The molecule has 2 N–H and O–H groups in total. The first-order valence-electron chi connectivity index (χ1n) is 7.13. The van der Waals surface area contributed by atoms with Crippen molar-refractivity contribution in [1.82, 2.24) is 4.98 Å². The number of hydrogen-bond acceptors (Lipinski definition) is 3. The van der Waals surface area contributed by atoms with Crippen molar-refractivity contribution in [3.05, 3.63) is 30.5 Å². The Labute approximate surface area is 118 Å². The summed E-state index contributed by atoms with van der Waals surface area (Å²) in [5, 5.41) is 7.56. The van der Waals surface area contributed by atoms with Gasteiger partial charge in [0.05, 0.1) is 28.5 Å². The molecule has 1 aliphatic rings. The Morgan fingerprint density at radius 3 is 2.75 bits per heavy atom. The molecule has 20 heavy (non-hydrogen) atoms. The van der Waals surface area contributed by atoms with Gasteiger partial charge in [0.2, 0.25) is 5.91 Å². The number of fused-ring (bicyclic) bond motifs is 3. The zero-order valence-electron chi connectivity index (χ0n) is 11.9. The van der Waals surface area contributed by atoms with Crippen molar-refractivity contribution in [2.45, 2.75) is 26.7 Å². The minimum absolute atomic E-state index is 0.0887. The van der Waals surface area contributed by atoms with Gasteiger partial charge in [-0.2, -0.15) is 0 Å². The summed E-state index contributed by atoms with van der Waals surface area (Å²) in [5.74, 6) is 0.0887. The number of carbonyl (C=O) groups is 1. The van der Waals surface area contributed by atoms with Crippen LogP contribution in [0.2, 0.25) is 0 Å². The number of para-hydroxylation sites is 1. The van der Waals surface area contributed by atoms with E-state index in [1.54, 1.807) is 6.20 Å². The van der Waals surface area contributed by atoms with Crippen LogP contribution < -0.4 is 10.6 Å². The Morgan fingerprint density at radius 2 is 2.00 bits per heavy atom. The molecule has 0 saturated carbocycles. The van der Waals surface area contributed by atoms with Gasteiger partial charge in [-0.15, -0.1) is 0 Å². The van der Waals surface area contributed by atoms with Gasteiger partial charge in [-0.3, -0.25) is 9.78 Å². The standard InChI is InChI=1S/C16H19N3O/c1-3-16(4-2)10-18-14-11-7-5-6-8-12(11)17-9-13(14)19-15(16)20/h5-9,18H,3-4,10H2,1-2H3,(H,19,20). The number of carbonyl (C=O) groups excluding carboxylic acids is 1. The molecule has 1 aromatic carbocycles. The van der Waals surface area contributed by atoms with Gasteiger partial charge in [0.25, 0.3) is 0 Å². The number of rotatable bonds is 2. The van der Waals surface area contributed by atoms with E-state index in [-0.39, 0.29) is 11.3 Å². The fourth-order valence-electron chi connectivity index (χ4n) is 2.84. The predicted octanol–water partition coefficient (Wildman–Crippen LogP) is 3.41. The topological polar surface area (TPSA) is 54.0 Å². The smallest absolute Gasteiger partial charge is 0.232 e. The maximum atomic E-state index is 12.5. The summed E-state index contributed by atoms with van der Waals surface area (Å²) in [5.41, 5.74) is 2.35. The van der Waals surface area contributed by atoms with Gasteiger partial charge in [0, 0.05) is 11.9 Å². The van der Waals surface area contributed by atoms with Crippen LogP contribution in [-0.2, 0) is 4.79 Å². The summed E-state index contributed by atoms with van der Waals surface area (Å²) >= 11 is 0. The molecule has 0 radical (unpaired) electrons. The SMILES string of the molecule is CCC1(CC)CNc2c(cnc3ccccc23)NC1=O. The lowest BCUT2D eigenvalue weighted by Crippen LogP contribution is -2.39. The quantitative estimate of drug-likeness (QED) is 0.878. The average Bonchev–Trinajstić information content (AvgIpc) is 2.64. The molecular weight excluding hydrogens is 250 g/mol. The number of amides is 1. The second kappa shape index (κ2) is 4.78. The Bertz CT molecular complexity index is 662. The molecule has 0 atom stereocenters. The molecule has 2 aromatic rings. The fourth-order valence-corrected chi connectivity index (χ4v) is 2.84. The van der Waals surface area contributed by atoms with Crippen LogP contribution in [0.15, 0.2) is 30.5 Å². The van der Waals surface area contributed by atoms with Gasteiger partial charge in [-0.05, 0) is 18.9 Å². The molecule has 0 saturated heterocycles. The molecule has 1 aliphatic heterocycles. The highest BCUT2D eigenvalue weighted by molar-refractivity contribution is 6.06. The summed E-state index contributed by atoms with van der Waals surface area (Å²) in [6, 6.07) is 7.98. The van der Waals surface area contributed by atoms with Crippen LogP contribution in [0.3, 0.4) is 0 Å². The van der Waals surface area contributed by atoms with Crippen LogP contribution in [0.25, 0.3) is 10.9 Å². The maximum absolute atomic E-state index is 12.5. The molecular formula is C16H19N3O. The fraction of sp³-hybridized carbons (Fsp3) is 0.375. The van der Waals surface area contributed by atoms with Gasteiger partial charge in [-0.25, -0.2) is 0 Å². The number of hydrogen-bond donors (Lipinski definition) is 2. The van der Waals surface area contributed by atoms with E-state index in [1.165, 1.54) is 0 Å². The van der Waals surface area contributed by atoms with Crippen molar-refractivity contribution < 1.29 is 4.79 Å². The Balaban J connectivity index is 2.12. The van der Waals surface area contributed by atoms with E-state index in [0.717, 1.165) is 35.1 Å². The molecule has 0 unspecified atom stereocenters. The first-order chi connectivity index (χ1) is 9.70. The van der Waals surface area contributed by atoms with Crippen LogP contribution in [0, 0.1) is 5.41 Å². The van der Waals surface area contributed by atoms with Crippen molar-refractivity contribution in [2.24, 2.45) is 5.41 Å². The molecule has 1 aromatic heterocycles. The number of nitrogens with zero attached hydrogens (tertiary/aromatic N) is 1. The minimum Gasteiger partial charge on any atom is -0.382 e. The van der Waals surface area contributed by atoms with Gasteiger partial charge in [0.15, 0.2) is 0 Å². The van der Waals surface area contributed by atoms with Crippen LogP contribution in [0.1, 0.15) is 26.7 Å². The molecule has 0 bridgehead atoms. The number of anilines is 2. The number of nitrogens with one attached hydrogen (secondary N) is 2. The van der Waals surface area contributed by atoms with Crippen molar-refractivity contribution in [1.29, 1.82) is 0 Å². The highest BCUT2D eigenvalue weighted by Crippen LogP contribution is 2.37. The largest absolute Gasteiger partial charge is 0.382 e. The Morgan fingerprint density at radius 1 is 1.25 bits per heavy atom. The van der Waals surface area contributed by atoms with Gasteiger partial charge < -0.3 is 10.6 Å². The van der Waals surface area contributed by atoms with E-state index in [1.807, 2.05) is 24.3 Å². The van der Waals surface area contributed by atoms with E-state index in [0.29, 0.717) is 6.54 Å². The van der Waals surface area contributed by atoms with E-state index in [9.17, 15) is 4.79 Å². The normalized spacial score (nSPS) is 17.0. The Hall–Kier alpha value is -2.10. The Kier molecular flexibility index (Phi) is 3.08. The summed E-state index contributed by atoms with van der Waals surface area (Å²) in [6.45, 7) is 4.79. The minimum atomic E-state index is -0.347. The van der Waals surface area contributed by atoms with Crippen LogP contribution in [0.5, 0.6) is 0 Å². The van der Waals surface area contributed by atoms with Crippen LogP contribution in [0.4, 0.5) is 11.4 Å². The van der Waals surface area contributed by atoms with Gasteiger partial charge in [-0.1, -0.05) is 32.0 Å². The summed E-state index contributed by atoms with van der Waals surface area (Å²) in [7, 11) is 0. The summed E-state index contributed by atoms with van der Waals surface area (Å²) < 4.78 is 0. The lowest BCUT2D eigenvalue weighted by molar-refractivity contribution is -0.125.